The summed E-state index contributed by atoms with van der Waals surface area (Å²) in [4.78, 5) is 4.60. The molecule has 1 aromatic rings. The Labute approximate surface area is 107 Å². The molecular formula is C11H10BrNS2. The third-order valence-electron chi connectivity index (χ3n) is 1.91. The molecule has 0 atom stereocenters. The van der Waals surface area contributed by atoms with Gasteiger partial charge in [0, 0.05) is 11.5 Å². The molecule has 0 bridgehead atoms. The smallest absolute Gasteiger partial charge is 0.131 e. The van der Waals surface area contributed by atoms with Crippen molar-refractivity contribution in [2.24, 2.45) is 4.99 Å². The lowest BCUT2D eigenvalue weighted by Crippen LogP contribution is -1.96. The maximum atomic E-state index is 4.60. The van der Waals surface area contributed by atoms with Gasteiger partial charge in [-0.2, -0.15) is 0 Å². The van der Waals surface area contributed by atoms with Gasteiger partial charge in [0.25, 0.3) is 0 Å². The molecule has 0 fully saturated rings. The molecule has 0 unspecified atom stereocenters. The molecule has 15 heavy (non-hydrogen) atoms. The highest BCUT2D eigenvalue weighted by atomic mass is 79.9. The number of rotatable bonds is 2. The van der Waals surface area contributed by atoms with Gasteiger partial charge >= 0.3 is 0 Å². The zero-order valence-corrected chi connectivity index (χ0v) is 11.3. The number of hydrogen-bond donors (Lipinski definition) is 0. The molecule has 0 spiro atoms. The quantitative estimate of drug-likeness (QED) is 0.793. The van der Waals surface area contributed by atoms with E-state index in [1.165, 1.54) is 5.56 Å². The van der Waals surface area contributed by atoms with Crippen molar-refractivity contribution in [1.29, 1.82) is 0 Å². The molecular weight excluding hydrogens is 290 g/mol. The molecule has 0 aromatic heterocycles. The molecule has 0 saturated carbocycles. The fraction of sp³-hybridized carbons (Fsp3) is 0.182. The monoisotopic (exact) mass is 299 g/mol. The highest BCUT2D eigenvalue weighted by molar-refractivity contribution is 9.11. The van der Waals surface area contributed by atoms with Crippen molar-refractivity contribution >= 4 is 49.5 Å². The predicted molar refractivity (Wildman–Crippen MR) is 75.4 cm³/mol. The van der Waals surface area contributed by atoms with E-state index in [1.54, 1.807) is 23.5 Å². The highest BCUT2D eigenvalue weighted by Crippen LogP contribution is 2.35. The largest absolute Gasteiger partial charge is 0.235 e. The van der Waals surface area contributed by atoms with Crippen molar-refractivity contribution in [2.75, 3.05) is 5.75 Å². The van der Waals surface area contributed by atoms with E-state index < -0.39 is 0 Å². The summed E-state index contributed by atoms with van der Waals surface area (Å²) in [6, 6.07) is 8.30. The van der Waals surface area contributed by atoms with Gasteiger partial charge in [0.05, 0.1) is 5.69 Å². The van der Waals surface area contributed by atoms with Gasteiger partial charge in [-0.05, 0) is 16.1 Å². The zero-order valence-electron chi connectivity index (χ0n) is 8.07. The molecule has 1 aromatic carbocycles. The van der Waals surface area contributed by atoms with Crippen molar-refractivity contribution in [2.45, 2.75) is 5.75 Å². The molecule has 1 aliphatic rings. The lowest BCUT2D eigenvalue weighted by Gasteiger charge is -2.13. The van der Waals surface area contributed by atoms with Crippen molar-refractivity contribution in [3.8, 4) is 0 Å². The number of benzene rings is 1. The van der Waals surface area contributed by atoms with Gasteiger partial charge < -0.3 is 0 Å². The van der Waals surface area contributed by atoms with E-state index in [0.29, 0.717) is 0 Å². The van der Waals surface area contributed by atoms with E-state index in [0.717, 1.165) is 26.1 Å². The summed E-state index contributed by atoms with van der Waals surface area (Å²) in [5, 5.41) is 0. The van der Waals surface area contributed by atoms with Gasteiger partial charge in [0.2, 0.25) is 0 Å². The Kier molecular flexibility index (Phi) is 3.94. The molecule has 4 heteroatoms. The van der Waals surface area contributed by atoms with Gasteiger partial charge in [0.15, 0.2) is 0 Å². The van der Waals surface area contributed by atoms with E-state index >= 15 is 0 Å². The van der Waals surface area contributed by atoms with Gasteiger partial charge in [-0.15, -0.1) is 0 Å². The van der Waals surface area contributed by atoms with Crippen LogP contribution >= 0.6 is 39.5 Å². The van der Waals surface area contributed by atoms with Gasteiger partial charge in [-0.25, -0.2) is 4.99 Å². The molecule has 1 aliphatic heterocycles. The average molecular weight is 300 g/mol. The fourth-order valence-electron chi connectivity index (χ4n) is 1.23. The van der Waals surface area contributed by atoms with Crippen LogP contribution in [0.3, 0.4) is 0 Å². The van der Waals surface area contributed by atoms with E-state index in [4.69, 9.17) is 0 Å². The number of halogens is 1. The average Bonchev–Trinajstić information content (AvgIpc) is 2.26. The minimum Gasteiger partial charge on any atom is -0.235 e. The summed E-state index contributed by atoms with van der Waals surface area (Å²) in [5.41, 5.74) is 2.43. The van der Waals surface area contributed by atoms with Crippen LogP contribution in [-0.4, -0.2) is 10.1 Å². The van der Waals surface area contributed by atoms with Crippen molar-refractivity contribution < 1.29 is 0 Å². The second-order valence-electron chi connectivity index (χ2n) is 3.10. The Morgan fingerprint density at radius 1 is 1.53 bits per heavy atom. The summed E-state index contributed by atoms with van der Waals surface area (Å²) in [6.45, 7) is 3.82. The van der Waals surface area contributed by atoms with Crippen LogP contribution in [-0.2, 0) is 5.75 Å². The second-order valence-corrected chi connectivity index (χ2v) is 6.41. The Morgan fingerprint density at radius 3 is 3.13 bits per heavy atom. The SMILES string of the molecule is C=C(Br)CSC1=Nc2ccccc2CS1. The molecule has 0 saturated heterocycles. The molecule has 0 N–H and O–H groups in total. The van der Waals surface area contributed by atoms with E-state index in [-0.39, 0.29) is 0 Å². The van der Waals surface area contributed by atoms with Gasteiger partial charge in [-0.3, -0.25) is 0 Å². The number of fused-ring (bicyclic) bond motifs is 1. The standard InChI is InChI=1S/C11H10BrNS2/c1-8(12)6-14-11-13-10-5-3-2-4-9(10)7-15-11/h2-5H,1,6-7H2. The van der Waals surface area contributed by atoms with E-state index in [2.05, 4.69) is 45.7 Å². The van der Waals surface area contributed by atoms with Crippen LogP contribution in [0, 0.1) is 0 Å². The molecule has 0 radical (unpaired) electrons. The first-order valence-electron chi connectivity index (χ1n) is 4.51. The van der Waals surface area contributed by atoms with Gasteiger partial charge in [-0.1, -0.05) is 64.2 Å². The second kappa shape index (κ2) is 5.23. The Morgan fingerprint density at radius 2 is 2.33 bits per heavy atom. The van der Waals surface area contributed by atoms with Crippen LogP contribution in [0.2, 0.25) is 0 Å². The molecule has 0 amide bonds. The zero-order chi connectivity index (χ0) is 10.7. The third-order valence-corrected chi connectivity index (χ3v) is 4.89. The molecule has 1 nitrogen and oxygen atoms in total. The highest BCUT2D eigenvalue weighted by Gasteiger charge is 2.12. The lowest BCUT2D eigenvalue weighted by atomic mass is 10.2. The van der Waals surface area contributed by atoms with Crippen LogP contribution in [0.4, 0.5) is 5.69 Å². The summed E-state index contributed by atoms with van der Waals surface area (Å²) in [5.74, 6) is 1.91. The Bertz CT molecular complexity index is 415. The first kappa shape index (κ1) is 11.3. The third kappa shape index (κ3) is 3.13. The van der Waals surface area contributed by atoms with E-state index in [1.807, 2.05) is 6.07 Å². The molecule has 2 rings (SSSR count). The molecule has 78 valence electrons. The summed E-state index contributed by atoms with van der Waals surface area (Å²) < 4.78 is 2.14. The van der Waals surface area contributed by atoms with Crippen LogP contribution in [0.1, 0.15) is 5.56 Å². The van der Waals surface area contributed by atoms with Gasteiger partial charge in [0.1, 0.15) is 4.38 Å². The molecule has 0 aliphatic carbocycles. The maximum Gasteiger partial charge on any atom is 0.131 e. The first-order valence-corrected chi connectivity index (χ1v) is 7.27. The summed E-state index contributed by atoms with van der Waals surface area (Å²) >= 11 is 6.89. The van der Waals surface area contributed by atoms with E-state index in [9.17, 15) is 0 Å². The van der Waals surface area contributed by atoms with Crippen molar-refractivity contribution in [3.05, 3.63) is 40.9 Å². The lowest BCUT2D eigenvalue weighted by molar-refractivity contribution is 1.36. The summed E-state index contributed by atoms with van der Waals surface area (Å²) in [7, 11) is 0. The van der Waals surface area contributed by atoms with Crippen molar-refractivity contribution in [1.82, 2.24) is 0 Å². The topological polar surface area (TPSA) is 12.4 Å². The van der Waals surface area contributed by atoms with Crippen LogP contribution in [0.25, 0.3) is 0 Å². The maximum absolute atomic E-state index is 4.60. The van der Waals surface area contributed by atoms with Crippen LogP contribution < -0.4 is 0 Å². The number of thioether (sulfide) groups is 2. The van der Waals surface area contributed by atoms with Crippen LogP contribution in [0.15, 0.2) is 40.3 Å². The molecule has 1 heterocycles. The number of hydrogen-bond acceptors (Lipinski definition) is 3. The predicted octanol–water partition coefficient (Wildman–Crippen LogP) is 4.56. The Balaban J connectivity index is 2.11. The number of aliphatic imine (C=N–C) groups is 1. The Hall–Kier alpha value is -0.190. The van der Waals surface area contributed by atoms with Crippen LogP contribution in [0.5, 0.6) is 0 Å². The van der Waals surface area contributed by atoms with Crippen molar-refractivity contribution in [3.63, 3.8) is 0 Å². The number of para-hydroxylation sites is 1. The fourth-order valence-corrected chi connectivity index (χ4v) is 3.39. The minimum absolute atomic E-state index is 0.883. The normalized spacial score (nSPS) is 14.3. The summed E-state index contributed by atoms with van der Waals surface area (Å²) in [6.07, 6.45) is 0. The minimum atomic E-state index is 0.883. The number of nitrogens with zero attached hydrogens (tertiary/aromatic N) is 1. The first-order chi connectivity index (χ1) is 7.25.